The highest BCUT2D eigenvalue weighted by Crippen LogP contribution is 2.17. The van der Waals surface area contributed by atoms with Crippen molar-refractivity contribution in [1.29, 1.82) is 0 Å². The van der Waals surface area contributed by atoms with E-state index >= 15 is 0 Å². The minimum absolute atomic E-state index is 0.0812. The first-order chi connectivity index (χ1) is 6.09. The number of hydrogen-bond donors (Lipinski definition) is 0. The van der Waals surface area contributed by atoms with E-state index in [0.29, 0.717) is 6.10 Å². The van der Waals surface area contributed by atoms with Gasteiger partial charge in [0.2, 0.25) is 0 Å². The first-order valence-electron chi connectivity index (χ1n) is 4.70. The van der Waals surface area contributed by atoms with Gasteiger partial charge in [-0.2, -0.15) is 4.40 Å². The predicted octanol–water partition coefficient (Wildman–Crippen LogP) is 1.70. The molecule has 1 heterocycles. The average Bonchev–Trinajstić information content (AvgIpc) is 2.47. The molecule has 0 aromatic rings. The molecule has 0 aliphatic carbocycles. The third-order valence-corrected chi connectivity index (χ3v) is 3.14. The van der Waals surface area contributed by atoms with Crippen LogP contribution in [0.1, 0.15) is 33.6 Å². The number of hydrogen-bond acceptors (Lipinski definition) is 2. The lowest BCUT2D eigenvalue weighted by atomic mass is 10.2. The molecule has 1 rings (SSSR count). The predicted molar refractivity (Wildman–Crippen MR) is 55.3 cm³/mol. The Morgan fingerprint density at radius 1 is 1.54 bits per heavy atom. The second-order valence-corrected chi connectivity index (χ2v) is 5.35. The maximum absolute atomic E-state index is 11.2. The molecule has 1 fully saturated rings. The Morgan fingerprint density at radius 2 is 2.23 bits per heavy atom. The number of ether oxygens (including phenoxy) is 1. The summed E-state index contributed by atoms with van der Waals surface area (Å²) in [7, 11) is -1.09. The van der Waals surface area contributed by atoms with Gasteiger partial charge in [0.25, 0.3) is 0 Å². The van der Waals surface area contributed by atoms with Gasteiger partial charge in [-0.25, -0.2) is 4.21 Å². The molecule has 0 spiro atoms. The van der Waals surface area contributed by atoms with Gasteiger partial charge in [0, 0.05) is 6.21 Å². The van der Waals surface area contributed by atoms with Gasteiger partial charge in [0.05, 0.1) is 17.5 Å². The molecule has 3 atom stereocenters. The van der Waals surface area contributed by atoms with Crippen LogP contribution in [0.4, 0.5) is 0 Å². The highest BCUT2D eigenvalue weighted by Gasteiger charge is 2.20. The molecule has 13 heavy (non-hydrogen) atoms. The zero-order valence-electron chi connectivity index (χ0n) is 8.40. The molecule has 1 saturated heterocycles. The van der Waals surface area contributed by atoms with Gasteiger partial charge in [0.15, 0.2) is 0 Å². The molecule has 76 valence electrons. The zero-order chi connectivity index (χ0) is 9.84. The first-order valence-corrected chi connectivity index (χ1v) is 5.87. The Morgan fingerprint density at radius 3 is 2.69 bits per heavy atom. The molecule has 3 nitrogen and oxygen atoms in total. The Kier molecular flexibility index (Phi) is 4.06. The summed E-state index contributed by atoms with van der Waals surface area (Å²) in [4.78, 5) is 0. The quantitative estimate of drug-likeness (QED) is 0.655. The van der Waals surface area contributed by atoms with Crippen LogP contribution in [0.3, 0.4) is 0 Å². The maximum Gasteiger partial charge on any atom is 0.141 e. The van der Waals surface area contributed by atoms with Crippen molar-refractivity contribution in [2.24, 2.45) is 4.40 Å². The van der Waals surface area contributed by atoms with Gasteiger partial charge in [0.1, 0.15) is 11.0 Å². The molecule has 1 aliphatic heterocycles. The lowest BCUT2D eigenvalue weighted by Gasteiger charge is -2.04. The Bertz CT molecular complexity index is 216. The van der Waals surface area contributed by atoms with Gasteiger partial charge >= 0.3 is 0 Å². The second-order valence-electron chi connectivity index (χ2n) is 3.64. The van der Waals surface area contributed by atoms with E-state index in [0.717, 1.165) is 12.8 Å². The van der Waals surface area contributed by atoms with Crippen LogP contribution < -0.4 is 0 Å². The van der Waals surface area contributed by atoms with E-state index in [9.17, 15) is 4.21 Å². The SMILES string of the molecule is CC1CCC(/C=N/S(=O)C(C)C)O1. The van der Waals surface area contributed by atoms with Crippen molar-refractivity contribution < 1.29 is 8.95 Å². The smallest absolute Gasteiger partial charge is 0.141 e. The highest BCUT2D eigenvalue weighted by molar-refractivity contribution is 7.84. The lowest BCUT2D eigenvalue weighted by molar-refractivity contribution is 0.0963. The normalized spacial score (nSPS) is 31.7. The fourth-order valence-electron chi connectivity index (χ4n) is 1.19. The summed E-state index contributed by atoms with van der Waals surface area (Å²) in [6, 6.07) is 0. The Balaban J connectivity index is 2.36. The first kappa shape index (κ1) is 10.9. The van der Waals surface area contributed by atoms with E-state index in [2.05, 4.69) is 4.40 Å². The third-order valence-electron chi connectivity index (χ3n) is 2.00. The van der Waals surface area contributed by atoms with Crippen LogP contribution in [-0.2, 0) is 15.7 Å². The van der Waals surface area contributed by atoms with Crippen molar-refractivity contribution in [2.45, 2.75) is 51.1 Å². The number of nitrogens with zero attached hydrogens (tertiary/aromatic N) is 1. The minimum atomic E-state index is -1.09. The molecule has 4 heteroatoms. The van der Waals surface area contributed by atoms with Crippen molar-refractivity contribution >= 4 is 17.2 Å². The van der Waals surface area contributed by atoms with Crippen molar-refractivity contribution in [3.05, 3.63) is 0 Å². The zero-order valence-corrected chi connectivity index (χ0v) is 9.21. The minimum Gasteiger partial charge on any atom is -0.370 e. The van der Waals surface area contributed by atoms with E-state index in [4.69, 9.17) is 4.74 Å². The average molecular weight is 203 g/mol. The molecule has 0 radical (unpaired) electrons. The standard InChI is InChI=1S/C9H17NO2S/c1-7(2)13(11)10-6-9-5-4-8(3)12-9/h6-9H,4-5H2,1-3H3/b10-6+. The Labute approximate surface area is 82.2 Å². The Hall–Kier alpha value is -0.220. The van der Waals surface area contributed by atoms with Crippen LogP contribution in [0.5, 0.6) is 0 Å². The lowest BCUT2D eigenvalue weighted by Crippen LogP contribution is -2.11. The molecule has 0 aromatic heterocycles. The van der Waals surface area contributed by atoms with Crippen molar-refractivity contribution in [3.63, 3.8) is 0 Å². The summed E-state index contributed by atoms with van der Waals surface area (Å²) in [5, 5.41) is 0.0927. The summed E-state index contributed by atoms with van der Waals surface area (Å²) in [6.07, 6.45) is 4.17. The summed E-state index contributed by atoms with van der Waals surface area (Å²) in [5.74, 6) is 0. The summed E-state index contributed by atoms with van der Waals surface area (Å²) < 4.78 is 20.7. The van der Waals surface area contributed by atoms with Gasteiger partial charge in [-0.05, 0) is 33.6 Å². The largest absolute Gasteiger partial charge is 0.370 e. The molecular weight excluding hydrogens is 186 g/mol. The maximum atomic E-state index is 11.2. The summed E-state index contributed by atoms with van der Waals surface area (Å²) in [6.45, 7) is 5.84. The van der Waals surface area contributed by atoms with Crippen LogP contribution in [0.2, 0.25) is 0 Å². The van der Waals surface area contributed by atoms with Crippen LogP contribution in [0.15, 0.2) is 4.40 Å². The monoisotopic (exact) mass is 203 g/mol. The molecule has 0 aromatic carbocycles. The fourth-order valence-corrected chi connectivity index (χ4v) is 1.69. The van der Waals surface area contributed by atoms with Crippen LogP contribution >= 0.6 is 0 Å². The molecule has 0 amide bonds. The molecule has 0 saturated carbocycles. The molecule has 0 bridgehead atoms. The van der Waals surface area contributed by atoms with E-state index in [-0.39, 0.29) is 11.4 Å². The van der Waals surface area contributed by atoms with Crippen LogP contribution in [0, 0.1) is 0 Å². The molecule has 0 N–H and O–H groups in total. The van der Waals surface area contributed by atoms with Gasteiger partial charge in [-0.15, -0.1) is 0 Å². The number of rotatable bonds is 3. The van der Waals surface area contributed by atoms with Gasteiger partial charge in [-0.1, -0.05) is 0 Å². The van der Waals surface area contributed by atoms with Crippen LogP contribution in [0.25, 0.3) is 0 Å². The second kappa shape index (κ2) is 4.86. The highest BCUT2D eigenvalue weighted by atomic mass is 32.2. The van der Waals surface area contributed by atoms with E-state index < -0.39 is 11.0 Å². The molecule has 3 unspecified atom stereocenters. The van der Waals surface area contributed by atoms with Gasteiger partial charge < -0.3 is 4.74 Å². The fraction of sp³-hybridized carbons (Fsp3) is 0.889. The van der Waals surface area contributed by atoms with Crippen molar-refractivity contribution in [1.82, 2.24) is 0 Å². The summed E-state index contributed by atoms with van der Waals surface area (Å²) in [5.41, 5.74) is 0. The molecular formula is C9H17NO2S. The van der Waals surface area contributed by atoms with Crippen molar-refractivity contribution in [3.8, 4) is 0 Å². The third kappa shape index (κ3) is 3.56. The molecule has 1 aliphatic rings. The van der Waals surface area contributed by atoms with E-state index in [1.54, 1.807) is 6.21 Å². The summed E-state index contributed by atoms with van der Waals surface area (Å²) >= 11 is 0. The topological polar surface area (TPSA) is 38.7 Å². The van der Waals surface area contributed by atoms with Gasteiger partial charge in [-0.3, -0.25) is 0 Å². The van der Waals surface area contributed by atoms with E-state index in [1.165, 1.54) is 0 Å². The van der Waals surface area contributed by atoms with E-state index in [1.807, 2.05) is 20.8 Å². The van der Waals surface area contributed by atoms with Crippen LogP contribution in [-0.4, -0.2) is 27.9 Å². The van der Waals surface area contributed by atoms with Crippen molar-refractivity contribution in [2.75, 3.05) is 0 Å².